The summed E-state index contributed by atoms with van der Waals surface area (Å²) in [6.45, 7) is 0. The van der Waals surface area contributed by atoms with E-state index in [1.54, 1.807) is 13.2 Å². The van der Waals surface area contributed by atoms with Gasteiger partial charge in [-0.15, -0.1) is 11.3 Å². The monoisotopic (exact) mass is 343 g/mol. The Morgan fingerprint density at radius 3 is 2.62 bits per heavy atom. The average Bonchev–Trinajstić information content (AvgIpc) is 3.09. The van der Waals surface area contributed by atoms with Crippen molar-refractivity contribution in [1.29, 1.82) is 0 Å². The normalized spacial score (nSPS) is 10.2. The van der Waals surface area contributed by atoms with E-state index in [9.17, 15) is 9.18 Å². The molecule has 2 N–H and O–H groups in total. The molecule has 0 fully saturated rings. The Kier molecular flexibility index (Phi) is 4.72. The summed E-state index contributed by atoms with van der Waals surface area (Å²) in [5.41, 5.74) is 6.81. The number of rotatable bonds is 5. The molecule has 0 unspecified atom stereocenters. The summed E-state index contributed by atoms with van der Waals surface area (Å²) in [5.74, 6) is -0.367. The van der Waals surface area contributed by atoms with Gasteiger partial charge in [0.2, 0.25) is 5.13 Å². The molecule has 7 heteroatoms. The van der Waals surface area contributed by atoms with Gasteiger partial charge in [-0.05, 0) is 36.4 Å². The van der Waals surface area contributed by atoms with Gasteiger partial charge in [-0.3, -0.25) is 15.6 Å². The fraction of sp³-hybridized carbons (Fsp3) is 0.0588. The summed E-state index contributed by atoms with van der Waals surface area (Å²) in [7, 11) is 1.61. The molecule has 5 nitrogen and oxygen atoms in total. The van der Waals surface area contributed by atoms with Crippen LogP contribution < -0.4 is 15.6 Å². The summed E-state index contributed by atoms with van der Waals surface area (Å²) >= 11 is 1.33. The molecule has 0 saturated heterocycles. The maximum atomic E-state index is 13.5. The van der Waals surface area contributed by atoms with Crippen LogP contribution in [0.15, 0.2) is 53.9 Å². The van der Waals surface area contributed by atoms with Crippen LogP contribution in [0.4, 0.5) is 9.52 Å². The van der Waals surface area contributed by atoms with Gasteiger partial charge in [-0.25, -0.2) is 9.37 Å². The van der Waals surface area contributed by atoms with Gasteiger partial charge in [-0.1, -0.05) is 12.1 Å². The van der Waals surface area contributed by atoms with Crippen LogP contribution in [0.3, 0.4) is 0 Å². The van der Waals surface area contributed by atoms with E-state index in [-0.39, 0.29) is 5.56 Å². The van der Waals surface area contributed by atoms with Crippen molar-refractivity contribution in [2.24, 2.45) is 0 Å². The van der Waals surface area contributed by atoms with Crippen molar-refractivity contribution in [1.82, 2.24) is 10.4 Å². The molecule has 2 aromatic carbocycles. The first-order chi connectivity index (χ1) is 11.7. The first-order valence-corrected chi connectivity index (χ1v) is 7.96. The average molecular weight is 343 g/mol. The highest BCUT2D eigenvalue weighted by Gasteiger charge is 2.11. The van der Waals surface area contributed by atoms with Crippen LogP contribution in [0.5, 0.6) is 5.75 Å². The Labute approximate surface area is 142 Å². The lowest BCUT2D eigenvalue weighted by atomic mass is 10.2. The lowest BCUT2D eigenvalue weighted by Gasteiger charge is -2.06. The smallest absolute Gasteiger partial charge is 0.272 e. The number of ether oxygens (including phenoxy) is 1. The largest absolute Gasteiger partial charge is 0.497 e. The van der Waals surface area contributed by atoms with Crippen LogP contribution in [0.25, 0.3) is 11.3 Å². The van der Waals surface area contributed by atoms with Crippen molar-refractivity contribution in [2.45, 2.75) is 0 Å². The first kappa shape index (κ1) is 15.9. The Morgan fingerprint density at radius 1 is 1.17 bits per heavy atom. The van der Waals surface area contributed by atoms with Crippen LogP contribution in [-0.4, -0.2) is 18.0 Å². The molecule has 0 spiro atoms. The third-order valence-corrected chi connectivity index (χ3v) is 4.05. The molecule has 0 atom stereocenters. The maximum Gasteiger partial charge on any atom is 0.272 e. The SMILES string of the molecule is COc1ccc(-c2csc(NNC(=O)c3ccccc3F)n2)cc1. The van der Waals surface area contributed by atoms with Crippen molar-refractivity contribution in [3.8, 4) is 17.0 Å². The van der Waals surface area contributed by atoms with E-state index < -0.39 is 11.7 Å². The summed E-state index contributed by atoms with van der Waals surface area (Å²) < 4.78 is 18.7. The maximum absolute atomic E-state index is 13.5. The molecule has 24 heavy (non-hydrogen) atoms. The number of nitrogens with zero attached hydrogens (tertiary/aromatic N) is 1. The molecule has 0 radical (unpaired) electrons. The van der Waals surface area contributed by atoms with E-state index in [0.29, 0.717) is 5.13 Å². The Balaban J connectivity index is 1.66. The third-order valence-electron chi connectivity index (χ3n) is 3.29. The lowest BCUT2D eigenvalue weighted by Crippen LogP contribution is -2.29. The second-order valence-corrected chi connectivity index (χ2v) is 5.68. The molecule has 0 aliphatic heterocycles. The fourth-order valence-corrected chi connectivity index (χ4v) is 2.72. The van der Waals surface area contributed by atoms with E-state index >= 15 is 0 Å². The van der Waals surface area contributed by atoms with Crippen molar-refractivity contribution in [3.63, 3.8) is 0 Å². The molecule has 3 rings (SSSR count). The molecule has 0 bridgehead atoms. The van der Waals surface area contributed by atoms with Gasteiger partial charge < -0.3 is 4.74 Å². The van der Waals surface area contributed by atoms with Gasteiger partial charge in [-0.2, -0.15) is 0 Å². The molecule has 0 aliphatic rings. The molecule has 1 aromatic heterocycles. The van der Waals surface area contributed by atoms with E-state index in [0.717, 1.165) is 17.0 Å². The number of anilines is 1. The van der Waals surface area contributed by atoms with Gasteiger partial charge in [0.15, 0.2) is 0 Å². The second-order valence-electron chi connectivity index (χ2n) is 4.83. The molecule has 122 valence electrons. The standard InChI is InChI=1S/C17H14FN3O2S/c1-23-12-8-6-11(7-9-12)15-10-24-17(19-15)21-20-16(22)13-4-2-3-5-14(13)18/h2-10H,1H3,(H,19,21)(H,20,22). The number of aromatic nitrogens is 1. The van der Waals surface area contributed by atoms with E-state index in [2.05, 4.69) is 15.8 Å². The number of nitrogens with one attached hydrogen (secondary N) is 2. The number of amides is 1. The van der Waals surface area contributed by atoms with Gasteiger partial charge in [0.05, 0.1) is 18.4 Å². The van der Waals surface area contributed by atoms with Gasteiger partial charge in [0.1, 0.15) is 11.6 Å². The zero-order valence-corrected chi connectivity index (χ0v) is 13.6. The van der Waals surface area contributed by atoms with E-state index in [4.69, 9.17) is 4.74 Å². The Morgan fingerprint density at radius 2 is 1.92 bits per heavy atom. The number of thiazole rings is 1. The van der Waals surface area contributed by atoms with Crippen molar-refractivity contribution >= 4 is 22.4 Å². The number of carbonyl (C=O) groups is 1. The molecule has 0 aliphatic carbocycles. The minimum atomic E-state index is -0.574. The molecule has 1 amide bonds. The van der Waals surface area contributed by atoms with Gasteiger partial charge >= 0.3 is 0 Å². The highest BCUT2D eigenvalue weighted by molar-refractivity contribution is 7.14. The summed E-state index contributed by atoms with van der Waals surface area (Å²) in [6, 6.07) is 13.3. The Bertz CT molecular complexity index is 849. The van der Waals surface area contributed by atoms with Crippen molar-refractivity contribution in [2.75, 3.05) is 12.5 Å². The predicted octanol–water partition coefficient (Wildman–Crippen LogP) is 3.71. The number of hydrogen-bond acceptors (Lipinski definition) is 5. The summed E-state index contributed by atoms with van der Waals surface area (Å²) in [5, 5.41) is 2.37. The zero-order chi connectivity index (χ0) is 16.9. The highest BCUT2D eigenvalue weighted by atomic mass is 32.1. The number of hydrogen-bond donors (Lipinski definition) is 2. The minimum absolute atomic E-state index is 0.0306. The molecule has 3 aromatic rings. The predicted molar refractivity (Wildman–Crippen MR) is 91.6 cm³/mol. The Hall–Kier alpha value is -2.93. The van der Waals surface area contributed by atoms with Crippen LogP contribution in [0.1, 0.15) is 10.4 Å². The molecule has 1 heterocycles. The van der Waals surface area contributed by atoms with Crippen LogP contribution in [0.2, 0.25) is 0 Å². The van der Waals surface area contributed by atoms with Crippen molar-refractivity contribution in [3.05, 3.63) is 65.3 Å². The van der Waals surface area contributed by atoms with Crippen LogP contribution in [-0.2, 0) is 0 Å². The third kappa shape index (κ3) is 3.52. The number of benzene rings is 2. The number of methoxy groups -OCH3 is 1. The zero-order valence-electron chi connectivity index (χ0n) is 12.7. The van der Waals surface area contributed by atoms with Crippen LogP contribution >= 0.6 is 11.3 Å². The number of hydrazine groups is 1. The molecular formula is C17H14FN3O2S. The second kappa shape index (κ2) is 7.10. The van der Waals surface area contributed by atoms with Crippen molar-refractivity contribution < 1.29 is 13.9 Å². The summed E-state index contributed by atoms with van der Waals surface area (Å²) in [6.07, 6.45) is 0. The fourth-order valence-electron chi connectivity index (χ4n) is 2.05. The quantitative estimate of drug-likeness (QED) is 0.693. The van der Waals surface area contributed by atoms with E-state index in [1.165, 1.54) is 29.5 Å². The van der Waals surface area contributed by atoms with Gasteiger partial charge in [0.25, 0.3) is 5.91 Å². The van der Waals surface area contributed by atoms with E-state index in [1.807, 2.05) is 29.6 Å². The minimum Gasteiger partial charge on any atom is -0.497 e. The van der Waals surface area contributed by atoms with Crippen LogP contribution in [0, 0.1) is 5.82 Å². The topological polar surface area (TPSA) is 63.2 Å². The number of carbonyl (C=O) groups excluding carboxylic acids is 1. The van der Waals surface area contributed by atoms with Gasteiger partial charge in [0, 0.05) is 10.9 Å². The highest BCUT2D eigenvalue weighted by Crippen LogP contribution is 2.26. The molecular weight excluding hydrogens is 329 g/mol. The lowest BCUT2D eigenvalue weighted by molar-refractivity contribution is 0.0958. The first-order valence-electron chi connectivity index (χ1n) is 7.08. The number of halogens is 1. The molecule has 0 saturated carbocycles. The summed E-state index contributed by atoms with van der Waals surface area (Å²) in [4.78, 5) is 16.3.